The number of aromatic nitrogens is 2. The van der Waals surface area contributed by atoms with Gasteiger partial charge in [0.15, 0.2) is 12.7 Å². The van der Waals surface area contributed by atoms with E-state index in [-0.39, 0.29) is 12.3 Å². The molecule has 0 atom stereocenters. The molecule has 1 aliphatic rings. The van der Waals surface area contributed by atoms with Crippen molar-refractivity contribution >= 4 is 17.8 Å². The molecule has 1 saturated heterocycles. The number of halogens is 3. The molecular weight excluding hydrogens is 373 g/mol. The van der Waals surface area contributed by atoms with E-state index in [9.17, 15) is 22.8 Å². The average molecular weight is 393 g/mol. The zero-order valence-corrected chi connectivity index (χ0v) is 14.5. The van der Waals surface area contributed by atoms with Gasteiger partial charge in [-0.25, -0.2) is 4.79 Å². The van der Waals surface area contributed by atoms with Crippen molar-refractivity contribution in [3.8, 4) is 0 Å². The molecule has 0 unspecified atom stereocenters. The Balaban J connectivity index is 0.000000445. The van der Waals surface area contributed by atoms with E-state index in [0.29, 0.717) is 12.1 Å². The maximum atomic E-state index is 12.2. The summed E-state index contributed by atoms with van der Waals surface area (Å²) in [6.07, 6.45) is -1.92. The molecule has 0 radical (unpaired) electrons. The first-order valence-corrected chi connectivity index (χ1v) is 7.86. The summed E-state index contributed by atoms with van der Waals surface area (Å²) in [5, 5.41) is 19.8. The van der Waals surface area contributed by atoms with Gasteiger partial charge in [0.25, 0.3) is 5.91 Å². The van der Waals surface area contributed by atoms with Gasteiger partial charge in [0, 0.05) is 32.2 Å². The molecular formula is C15H20F3N4O5+. The van der Waals surface area contributed by atoms with E-state index in [1.807, 2.05) is 11.9 Å². The maximum Gasteiger partial charge on any atom is 0.490 e. The second kappa shape index (κ2) is 9.80. The standard InChI is InChI=1S/C13H18N4O3.C2HF3O2/c1-15-6-8-16(9-7-15)13(20)11-2-4-17(14-10-11)5-3-12(18)19;3-2(4,5)1(6)7/h2,4,10H,3,5-9H2,1H3;(H,6,7)/p+1. The first kappa shape index (κ1) is 22.3. The van der Waals surface area contributed by atoms with Crippen LogP contribution in [0, 0.1) is 0 Å². The molecule has 27 heavy (non-hydrogen) atoms. The van der Waals surface area contributed by atoms with Gasteiger partial charge in [-0.15, -0.1) is 0 Å². The van der Waals surface area contributed by atoms with Crippen LogP contribution in [0.2, 0.25) is 0 Å². The molecule has 1 fully saturated rings. The Kier molecular flexibility index (Phi) is 8.09. The van der Waals surface area contributed by atoms with E-state index in [2.05, 4.69) is 10.00 Å². The summed E-state index contributed by atoms with van der Waals surface area (Å²) in [5.41, 5.74) is 0.543. The Hall–Kier alpha value is -2.76. The number of hydrogen-bond acceptors (Lipinski definition) is 5. The molecule has 1 aromatic heterocycles. The summed E-state index contributed by atoms with van der Waals surface area (Å²) in [5.74, 6) is -3.64. The zero-order chi connectivity index (χ0) is 20.6. The predicted octanol–water partition coefficient (Wildman–Crippen LogP) is -0.135. The van der Waals surface area contributed by atoms with E-state index in [0.717, 1.165) is 26.2 Å². The zero-order valence-electron chi connectivity index (χ0n) is 14.5. The number of carbonyl (C=O) groups is 3. The lowest BCUT2D eigenvalue weighted by Gasteiger charge is -2.32. The maximum absolute atomic E-state index is 12.2. The Morgan fingerprint density at radius 2 is 1.74 bits per heavy atom. The minimum atomic E-state index is -5.08. The van der Waals surface area contributed by atoms with Gasteiger partial charge in [-0.2, -0.15) is 13.2 Å². The van der Waals surface area contributed by atoms with E-state index in [4.69, 9.17) is 15.0 Å². The first-order valence-electron chi connectivity index (χ1n) is 7.86. The second-order valence-corrected chi connectivity index (χ2v) is 5.72. The van der Waals surface area contributed by atoms with Crippen LogP contribution in [0.5, 0.6) is 0 Å². The molecule has 2 N–H and O–H groups in total. The highest BCUT2D eigenvalue weighted by molar-refractivity contribution is 5.93. The third kappa shape index (κ3) is 7.98. The number of carboxylic acid groups (broad SMARTS) is 2. The molecule has 0 saturated carbocycles. The summed E-state index contributed by atoms with van der Waals surface area (Å²) in [6, 6.07) is 1.69. The van der Waals surface area contributed by atoms with Gasteiger partial charge in [-0.1, -0.05) is 4.68 Å². The van der Waals surface area contributed by atoms with Gasteiger partial charge < -0.3 is 20.0 Å². The van der Waals surface area contributed by atoms with Crippen molar-refractivity contribution in [3.63, 3.8) is 0 Å². The predicted molar refractivity (Wildman–Crippen MR) is 83.8 cm³/mol. The number of alkyl halides is 3. The van der Waals surface area contributed by atoms with E-state index in [1.165, 1.54) is 10.9 Å². The first-order chi connectivity index (χ1) is 12.5. The van der Waals surface area contributed by atoms with Crippen LogP contribution in [-0.2, 0) is 16.1 Å². The summed E-state index contributed by atoms with van der Waals surface area (Å²) < 4.78 is 33.3. The Bertz CT molecular complexity index is 658. The molecule has 0 bridgehead atoms. The molecule has 2 rings (SSSR count). The lowest BCUT2D eigenvalue weighted by Crippen LogP contribution is -2.47. The van der Waals surface area contributed by atoms with Gasteiger partial charge in [0.05, 0.1) is 5.56 Å². The fourth-order valence-corrected chi connectivity index (χ4v) is 2.05. The normalized spacial score (nSPS) is 14.9. The van der Waals surface area contributed by atoms with Gasteiger partial charge in [-0.05, 0) is 12.1 Å². The number of piperazine rings is 1. The third-order valence-electron chi connectivity index (χ3n) is 3.61. The van der Waals surface area contributed by atoms with Crippen LogP contribution in [0.25, 0.3) is 0 Å². The van der Waals surface area contributed by atoms with E-state index in [1.54, 1.807) is 12.3 Å². The van der Waals surface area contributed by atoms with Gasteiger partial charge in [-0.3, -0.25) is 9.59 Å². The van der Waals surface area contributed by atoms with Crippen LogP contribution in [0.4, 0.5) is 13.2 Å². The molecule has 0 spiro atoms. The minimum Gasteiger partial charge on any atom is -0.481 e. The number of aliphatic carboxylic acids is 2. The third-order valence-corrected chi connectivity index (χ3v) is 3.61. The average Bonchev–Trinajstić information content (AvgIpc) is 2.60. The molecule has 1 amide bonds. The van der Waals surface area contributed by atoms with Crippen LogP contribution in [-0.4, -0.2) is 82.4 Å². The van der Waals surface area contributed by atoms with Crippen molar-refractivity contribution in [1.82, 2.24) is 14.9 Å². The SMILES string of the molecule is CN1CCN(C(=O)c2cc[n+](CCC(=O)O)nc2)CC1.O=C(O)C(F)(F)F. The molecule has 2 heterocycles. The smallest absolute Gasteiger partial charge is 0.481 e. The molecule has 9 nitrogen and oxygen atoms in total. The highest BCUT2D eigenvalue weighted by Gasteiger charge is 2.38. The van der Waals surface area contributed by atoms with E-state index >= 15 is 0 Å². The van der Waals surface area contributed by atoms with Crippen molar-refractivity contribution in [2.24, 2.45) is 0 Å². The number of carbonyl (C=O) groups excluding carboxylic acids is 1. The van der Waals surface area contributed by atoms with Gasteiger partial charge in [0.2, 0.25) is 0 Å². The fourth-order valence-electron chi connectivity index (χ4n) is 2.05. The molecule has 12 heteroatoms. The molecule has 1 aliphatic heterocycles. The molecule has 150 valence electrons. The topological polar surface area (TPSA) is 115 Å². The summed E-state index contributed by atoms with van der Waals surface area (Å²) in [7, 11) is 2.04. The summed E-state index contributed by atoms with van der Waals surface area (Å²) in [6.45, 7) is 3.51. The quantitative estimate of drug-likeness (QED) is 0.685. The van der Waals surface area contributed by atoms with Gasteiger partial charge >= 0.3 is 18.1 Å². The van der Waals surface area contributed by atoms with Crippen LogP contribution in [0.3, 0.4) is 0 Å². The van der Waals surface area contributed by atoms with Crippen molar-refractivity contribution < 1.29 is 42.4 Å². The molecule has 0 aliphatic carbocycles. The van der Waals surface area contributed by atoms with Crippen molar-refractivity contribution in [3.05, 3.63) is 24.0 Å². The van der Waals surface area contributed by atoms with Crippen LogP contribution in [0.1, 0.15) is 16.8 Å². The number of hydrogen-bond donors (Lipinski definition) is 2. The lowest BCUT2D eigenvalue weighted by molar-refractivity contribution is -0.753. The van der Waals surface area contributed by atoms with Crippen LogP contribution >= 0.6 is 0 Å². The second-order valence-electron chi connectivity index (χ2n) is 5.72. The fraction of sp³-hybridized carbons (Fsp3) is 0.533. The number of carboxylic acids is 2. The number of nitrogens with zero attached hydrogens (tertiary/aromatic N) is 4. The van der Waals surface area contributed by atoms with Crippen molar-refractivity contribution in [2.75, 3.05) is 33.2 Å². The number of likely N-dealkylation sites (N-methyl/N-ethyl adjacent to an activating group) is 1. The monoisotopic (exact) mass is 393 g/mol. The Morgan fingerprint density at radius 1 is 1.19 bits per heavy atom. The van der Waals surface area contributed by atoms with Crippen LogP contribution in [0.15, 0.2) is 18.5 Å². The van der Waals surface area contributed by atoms with Crippen LogP contribution < -0.4 is 4.68 Å². The molecule has 0 aromatic carbocycles. The van der Waals surface area contributed by atoms with Crippen molar-refractivity contribution in [1.29, 1.82) is 0 Å². The lowest BCUT2D eigenvalue weighted by atomic mass is 10.2. The highest BCUT2D eigenvalue weighted by Crippen LogP contribution is 2.13. The van der Waals surface area contributed by atoms with Gasteiger partial charge in [0.1, 0.15) is 12.6 Å². The minimum absolute atomic E-state index is 0.0173. The number of amides is 1. The Labute approximate surface area is 152 Å². The Morgan fingerprint density at radius 3 is 2.15 bits per heavy atom. The molecule has 1 aromatic rings. The summed E-state index contributed by atoms with van der Waals surface area (Å²) >= 11 is 0. The highest BCUT2D eigenvalue weighted by atomic mass is 19.4. The largest absolute Gasteiger partial charge is 0.490 e. The van der Waals surface area contributed by atoms with Crippen molar-refractivity contribution in [2.45, 2.75) is 19.1 Å². The summed E-state index contributed by atoms with van der Waals surface area (Å²) in [4.78, 5) is 35.6. The van der Waals surface area contributed by atoms with E-state index < -0.39 is 18.1 Å². The number of rotatable bonds is 4. The number of aryl methyl sites for hydroxylation is 1.